The molecule has 1 saturated heterocycles. The number of ether oxygens (including phenoxy) is 2. The molecule has 0 saturated carbocycles. The maximum absolute atomic E-state index is 12.7. The minimum atomic E-state index is -0.0684. The SMILES string of the molecule is COc1ccc(C(=O)N2CC(c3nc(-c4ccncc4)no3)C2)cc1OC. The van der Waals surface area contributed by atoms with E-state index in [0.29, 0.717) is 41.9 Å². The highest BCUT2D eigenvalue weighted by Crippen LogP contribution is 2.31. The van der Waals surface area contributed by atoms with Gasteiger partial charge in [-0.3, -0.25) is 9.78 Å². The number of aromatic nitrogens is 3. The van der Waals surface area contributed by atoms with Crippen molar-refractivity contribution in [3.8, 4) is 22.9 Å². The molecule has 4 rings (SSSR count). The quantitative estimate of drug-likeness (QED) is 0.685. The van der Waals surface area contributed by atoms with Crippen LogP contribution in [0.1, 0.15) is 22.2 Å². The molecule has 1 aliphatic rings. The van der Waals surface area contributed by atoms with Crippen LogP contribution in [0.15, 0.2) is 47.2 Å². The van der Waals surface area contributed by atoms with Gasteiger partial charge < -0.3 is 18.9 Å². The van der Waals surface area contributed by atoms with Crippen molar-refractivity contribution in [2.24, 2.45) is 0 Å². The van der Waals surface area contributed by atoms with E-state index in [1.165, 1.54) is 0 Å². The Kier molecular flexibility index (Phi) is 4.45. The molecule has 8 nitrogen and oxygen atoms in total. The van der Waals surface area contributed by atoms with Crippen molar-refractivity contribution in [3.05, 3.63) is 54.2 Å². The van der Waals surface area contributed by atoms with Crippen molar-refractivity contribution in [3.63, 3.8) is 0 Å². The summed E-state index contributed by atoms with van der Waals surface area (Å²) in [6.45, 7) is 1.07. The third-order valence-corrected chi connectivity index (χ3v) is 4.53. The third-order valence-electron chi connectivity index (χ3n) is 4.53. The lowest BCUT2D eigenvalue weighted by Gasteiger charge is -2.37. The van der Waals surface area contributed by atoms with Crippen LogP contribution in [-0.2, 0) is 0 Å². The van der Waals surface area contributed by atoms with Gasteiger partial charge in [-0.15, -0.1) is 0 Å². The van der Waals surface area contributed by atoms with E-state index in [9.17, 15) is 4.79 Å². The number of nitrogens with zero attached hydrogens (tertiary/aromatic N) is 4. The van der Waals surface area contributed by atoms with Crippen LogP contribution in [0, 0.1) is 0 Å². The van der Waals surface area contributed by atoms with Crippen LogP contribution in [0.25, 0.3) is 11.4 Å². The summed E-state index contributed by atoms with van der Waals surface area (Å²) >= 11 is 0. The first kappa shape index (κ1) is 17.0. The Balaban J connectivity index is 1.42. The Morgan fingerprint density at radius 1 is 1.11 bits per heavy atom. The van der Waals surface area contributed by atoms with Crippen LogP contribution < -0.4 is 9.47 Å². The van der Waals surface area contributed by atoms with Gasteiger partial charge in [-0.25, -0.2) is 0 Å². The topological polar surface area (TPSA) is 90.6 Å². The predicted octanol–water partition coefficient (Wildman–Crippen LogP) is 2.39. The molecule has 1 aliphatic heterocycles. The average molecular weight is 366 g/mol. The van der Waals surface area contributed by atoms with E-state index >= 15 is 0 Å². The van der Waals surface area contributed by atoms with Crippen LogP contribution >= 0.6 is 0 Å². The normalized spacial score (nSPS) is 13.9. The van der Waals surface area contributed by atoms with Crippen molar-refractivity contribution >= 4 is 5.91 Å². The van der Waals surface area contributed by atoms with Crippen LogP contribution in [0.2, 0.25) is 0 Å². The molecule has 8 heteroatoms. The zero-order valence-corrected chi connectivity index (χ0v) is 15.0. The Hall–Kier alpha value is -3.42. The molecule has 3 heterocycles. The number of carbonyl (C=O) groups is 1. The molecule has 0 spiro atoms. The summed E-state index contributed by atoms with van der Waals surface area (Å²) in [5.74, 6) is 2.15. The van der Waals surface area contributed by atoms with Crippen molar-refractivity contribution in [1.82, 2.24) is 20.0 Å². The molecule has 0 aliphatic carbocycles. The van der Waals surface area contributed by atoms with Gasteiger partial charge in [-0.1, -0.05) is 5.16 Å². The Morgan fingerprint density at radius 2 is 1.85 bits per heavy atom. The van der Waals surface area contributed by atoms with Gasteiger partial charge in [0.2, 0.25) is 11.7 Å². The minimum Gasteiger partial charge on any atom is -0.493 e. The van der Waals surface area contributed by atoms with Gasteiger partial charge in [-0.2, -0.15) is 4.98 Å². The second-order valence-electron chi connectivity index (χ2n) is 6.17. The van der Waals surface area contributed by atoms with Gasteiger partial charge in [0.15, 0.2) is 11.5 Å². The summed E-state index contributed by atoms with van der Waals surface area (Å²) in [6, 6.07) is 8.78. The molecule has 0 radical (unpaired) electrons. The van der Waals surface area contributed by atoms with Crippen molar-refractivity contribution in [2.75, 3.05) is 27.3 Å². The number of hydrogen-bond donors (Lipinski definition) is 0. The summed E-state index contributed by atoms with van der Waals surface area (Å²) in [5, 5.41) is 4.01. The largest absolute Gasteiger partial charge is 0.493 e. The predicted molar refractivity (Wildman–Crippen MR) is 95.7 cm³/mol. The number of benzene rings is 1. The molecular weight excluding hydrogens is 348 g/mol. The van der Waals surface area contributed by atoms with E-state index in [-0.39, 0.29) is 11.8 Å². The fourth-order valence-corrected chi connectivity index (χ4v) is 2.97. The molecule has 1 aromatic carbocycles. The van der Waals surface area contributed by atoms with Crippen LogP contribution in [-0.4, -0.2) is 53.2 Å². The van der Waals surface area contributed by atoms with E-state index in [2.05, 4.69) is 15.1 Å². The Bertz CT molecular complexity index is 951. The van der Waals surface area contributed by atoms with E-state index in [1.807, 2.05) is 12.1 Å². The van der Waals surface area contributed by atoms with E-state index in [1.54, 1.807) is 49.7 Å². The average Bonchev–Trinajstić information content (AvgIpc) is 3.16. The fourth-order valence-electron chi connectivity index (χ4n) is 2.97. The van der Waals surface area contributed by atoms with Crippen LogP contribution in [0.5, 0.6) is 11.5 Å². The van der Waals surface area contributed by atoms with Gasteiger partial charge in [0.25, 0.3) is 5.91 Å². The monoisotopic (exact) mass is 366 g/mol. The molecule has 0 atom stereocenters. The van der Waals surface area contributed by atoms with E-state index in [4.69, 9.17) is 14.0 Å². The second-order valence-corrected chi connectivity index (χ2v) is 6.17. The highest BCUT2D eigenvalue weighted by atomic mass is 16.5. The van der Waals surface area contributed by atoms with Gasteiger partial charge in [0.1, 0.15) is 0 Å². The summed E-state index contributed by atoms with van der Waals surface area (Å²) in [5.41, 5.74) is 1.40. The zero-order chi connectivity index (χ0) is 18.8. The minimum absolute atomic E-state index is 0.0391. The highest BCUT2D eigenvalue weighted by Gasteiger charge is 2.36. The number of rotatable bonds is 5. The molecule has 27 heavy (non-hydrogen) atoms. The lowest BCUT2D eigenvalue weighted by Crippen LogP contribution is -2.48. The highest BCUT2D eigenvalue weighted by molar-refractivity contribution is 5.95. The number of carbonyl (C=O) groups excluding carboxylic acids is 1. The molecule has 1 amide bonds. The zero-order valence-electron chi connectivity index (χ0n) is 15.0. The van der Waals surface area contributed by atoms with E-state index in [0.717, 1.165) is 5.56 Å². The molecular formula is C19H18N4O4. The second kappa shape index (κ2) is 7.06. The maximum atomic E-state index is 12.7. The Labute approximate surface area is 155 Å². The van der Waals surface area contributed by atoms with Gasteiger partial charge in [0, 0.05) is 36.6 Å². The standard InChI is InChI=1S/C19H18N4O4/c1-25-15-4-3-13(9-16(15)26-2)19(24)23-10-14(11-23)18-21-17(22-27-18)12-5-7-20-8-6-12/h3-9,14H,10-11H2,1-2H3. The van der Waals surface area contributed by atoms with Gasteiger partial charge in [0.05, 0.1) is 20.1 Å². The summed E-state index contributed by atoms with van der Waals surface area (Å²) in [7, 11) is 3.10. The molecule has 138 valence electrons. The molecule has 1 fully saturated rings. The molecule has 2 aromatic heterocycles. The first-order chi connectivity index (χ1) is 13.2. The summed E-state index contributed by atoms with van der Waals surface area (Å²) in [6.07, 6.45) is 3.36. The van der Waals surface area contributed by atoms with Gasteiger partial charge in [-0.05, 0) is 30.3 Å². The Morgan fingerprint density at radius 3 is 2.56 bits per heavy atom. The van der Waals surface area contributed by atoms with Crippen LogP contribution in [0.4, 0.5) is 0 Å². The smallest absolute Gasteiger partial charge is 0.254 e. The number of hydrogen-bond acceptors (Lipinski definition) is 7. The maximum Gasteiger partial charge on any atom is 0.254 e. The number of amides is 1. The number of methoxy groups -OCH3 is 2. The van der Waals surface area contributed by atoms with Crippen molar-refractivity contribution < 1.29 is 18.8 Å². The van der Waals surface area contributed by atoms with Crippen LogP contribution in [0.3, 0.4) is 0 Å². The number of pyridine rings is 1. The summed E-state index contributed by atoms with van der Waals surface area (Å²) in [4.78, 5) is 22.8. The number of likely N-dealkylation sites (tertiary alicyclic amines) is 1. The molecule has 3 aromatic rings. The lowest BCUT2D eigenvalue weighted by molar-refractivity contribution is 0.0569. The van der Waals surface area contributed by atoms with Gasteiger partial charge >= 0.3 is 0 Å². The lowest BCUT2D eigenvalue weighted by atomic mass is 9.98. The van der Waals surface area contributed by atoms with E-state index < -0.39 is 0 Å². The first-order valence-corrected chi connectivity index (χ1v) is 8.45. The third kappa shape index (κ3) is 3.21. The van der Waals surface area contributed by atoms with Crippen molar-refractivity contribution in [2.45, 2.75) is 5.92 Å². The fraction of sp³-hybridized carbons (Fsp3) is 0.263. The molecule has 0 bridgehead atoms. The summed E-state index contributed by atoms with van der Waals surface area (Å²) < 4.78 is 15.8. The van der Waals surface area contributed by atoms with Crippen molar-refractivity contribution in [1.29, 1.82) is 0 Å². The molecule has 0 N–H and O–H groups in total. The first-order valence-electron chi connectivity index (χ1n) is 8.45. The molecule has 0 unspecified atom stereocenters.